The van der Waals surface area contributed by atoms with Gasteiger partial charge in [-0.2, -0.15) is 0 Å². The van der Waals surface area contributed by atoms with Crippen molar-refractivity contribution >= 4 is 11.3 Å². The Hall–Kier alpha value is -0.420. The van der Waals surface area contributed by atoms with E-state index in [2.05, 4.69) is 23.7 Å². The zero-order chi connectivity index (χ0) is 11.8. The lowest BCUT2D eigenvalue weighted by molar-refractivity contribution is 0.161. The van der Waals surface area contributed by atoms with E-state index in [-0.39, 0.29) is 0 Å². The second kappa shape index (κ2) is 7.79. The monoisotopic (exact) mass is 242 g/mol. The van der Waals surface area contributed by atoms with E-state index in [1.54, 1.807) is 18.4 Å². The normalized spacial score (nSPS) is 12.9. The van der Waals surface area contributed by atoms with E-state index in [9.17, 15) is 0 Å². The van der Waals surface area contributed by atoms with Gasteiger partial charge in [-0.15, -0.1) is 11.3 Å². The highest BCUT2D eigenvalue weighted by Crippen LogP contribution is 2.15. The molecule has 0 aliphatic carbocycles. The van der Waals surface area contributed by atoms with Gasteiger partial charge in [0.05, 0.1) is 6.61 Å². The van der Waals surface area contributed by atoms with Crippen molar-refractivity contribution < 1.29 is 4.74 Å². The molecule has 0 aliphatic rings. The molecular formula is C12H22N2OS. The molecule has 3 N–H and O–H groups in total. The lowest BCUT2D eigenvalue weighted by atomic mass is 10.1. The predicted molar refractivity (Wildman–Crippen MR) is 69.8 cm³/mol. The zero-order valence-corrected chi connectivity index (χ0v) is 11.0. The highest BCUT2D eigenvalue weighted by Gasteiger charge is 2.08. The Kier molecular flexibility index (Phi) is 6.64. The number of hydrogen-bond acceptors (Lipinski definition) is 4. The molecule has 1 rings (SSSR count). The van der Waals surface area contributed by atoms with Gasteiger partial charge in [0.25, 0.3) is 0 Å². The van der Waals surface area contributed by atoms with Crippen molar-refractivity contribution in [1.29, 1.82) is 0 Å². The lowest BCUT2D eigenvalue weighted by Crippen LogP contribution is -2.33. The van der Waals surface area contributed by atoms with E-state index in [1.165, 1.54) is 10.4 Å². The third-order valence-electron chi connectivity index (χ3n) is 2.64. The molecule has 0 bridgehead atoms. The van der Waals surface area contributed by atoms with Crippen molar-refractivity contribution in [3.8, 4) is 0 Å². The van der Waals surface area contributed by atoms with E-state index >= 15 is 0 Å². The lowest BCUT2D eigenvalue weighted by Gasteiger charge is -2.17. The second-order valence-electron chi connectivity index (χ2n) is 3.99. The summed E-state index contributed by atoms with van der Waals surface area (Å²) in [6.45, 7) is 4.59. The van der Waals surface area contributed by atoms with E-state index in [0.29, 0.717) is 6.04 Å². The van der Waals surface area contributed by atoms with Gasteiger partial charge in [0.2, 0.25) is 0 Å². The summed E-state index contributed by atoms with van der Waals surface area (Å²) in [5.74, 6) is 0. The average Bonchev–Trinajstić information content (AvgIpc) is 2.68. The van der Waals surface area contributed by atoms with Crippen LogP contribution in [0.2, 0.25) is 0 Å². The highest BCUT2D eigenvalue weighted by atomic mass is 32.1. The van der Waals surface area contributed by atoms with Crippen molar-refractivity contribution in [2.45, 2.75) is 32.4 Å². The minimum atomic E-state index is 0.412. The van der Waals surface area contributed by atoms with Gasteiger partial charge in [0.15, 0.2) is 0 Å². The van der Waals surface area contributed by atoms with Gasteiger partial charge < -0.3 is 15.8 Å². The van der Waals surface area contributed by atoms with Gasteiger partial charge in [0, 0.05) is 24.6 Å². The summed E-state index contributed by atoms with van der Waals surface area (Å²) in [4.78, 5) is 1.41. The molecule has 0 saturated heterocycles. The van der Waals surface area contributed by atoms with Crippen LogP contribution in [0.25, 0.3) is 0 Å². The predicted octanol–water partition coefficient (Wildman–Crippen LogP) is 1.90. The third-order valence-corrected chi connectivity index (χ3v) is 3.67. The van der Waals surface area contributed by atoms with Crippen LogP contribution in [0.3, 0.4) is 0 Å². The Balaban J connectivity index is 2.34. The molecule has 92 valence electrons. The van der Waals surface area contributed by atoms with E-state index in [0.717, 1.165) is 32.5 Å². The first-order valence-corrected chi connectivity index (χ1v) is 6.61. The molecule has 0 amide bonds. The Morgan fingerprint density at radius 1 is 1.56 bits per heavy atom. The molecule has 1 aromatic rings. The average molecular weight is 242 g/mol. The minimum Gasteiger partial charge on any atom is -0.383 e. The molecule has 1 unspecified atom stereocenters. The quantitative estimate of drug-likeness (QED) is 0.732. The first-order chi connectivity index (χ1) is 7.77. The fourth-order valence-corrected chi connectivity index (χ4v) is 2.49. The summed E-state index contributed by atoms with van der Waals surface area (Å²) in [6, 6.07) is 2.57. The number of ether oxygens (including phenoxy) is 1. The van der Waals surface area contributed by atoms with Gasteiger partial charge >= 0.3 is 0 Å². The van der Waals surface area contributed by atoms with E-state index in [1.807, 2.05) is 0 Å². The molecule has 1 aromatic heterocycles. The van der Waals surface area contributed by atoms with Gasteiger partial charge in [-0.05, 0) is 43.3 Å². The van der Waals surface area contributed by atoms with Crippen molar-refractivity contribution in [3.63, 3.8) is 0 Å². The molecule has 4 heteroatoms. The first kappa shape index (κ1) is 13.6. The Morgan fingerprint density at radius 3 is 2.94 bits per heavy atom. The SMILES string of the molecule is COCC(CCCN)NCc1sccc1C. The van der Waals surface area contributed by atoms with E-state index in [4.69, 9.17) is 10.5 Å². The highest BCUT2D eigenvalue weighted by molar-refractivity contribution is 7.10. The van der Waals surface area contributed by atoms with Crippen molar-refractivity contribution in [2.24, 2.45) is 5.73 Å². The van der Waals surface area contributed by atoms with Crippen LogP contribution in [0.4, 0.5) is 0 Å². The molecule has 0 radical (unpaired) electrons. The van der Waals surface area contributed by atoms with Crippen molar-refractivity contribution in [1.82, 2.24) is 5.32 Å². The van der Waals surface area contributed by atoms with Crippen LogP contribution in [-0.2, 0) is 11.3 Å². The van der Waals surface area contributed by atoms with E-state index < -0.39 is 0 Å². The molecule has 0 saturated carbocycles. The Labute approximate surface area is 102 Å². The summed E-state index contributed by atoms with van der Waals surface area (Å²) < 4.78 is 5.20. The summed E-state index contributed by atoms with van der Waals surface area (Å²) in [6.07, 6.45) is 2.12. The van der Waals surface area contributed by atoms with Crippen LogP contribution in [0.1, 0.15) is 23.3 Å². The second-order valence-corrected chi connectivity index (χ2v) is 4.99. The molecule has 1 heterocycles. The summed E-state index contributed by atoms with van der Waals surface area (Å²) in [5.41, 5.74) is 6.89. The van der Waals surface area contributed by atoms with Crippen LogP contribution in [0.5, 0.6) is 0 Å². The van der Waals surface area contributed by atoms with Crippen molar-refractivity contribution in [3.05, 3.63) is 21.9 Å². The minimum absolute atomic E-state index is 0.412. The molecule has 0 aromatic carbocycles. The Bertz CT molecular complexity index is 288. The van der Waals surface area contributed by atoms with Gasteiger partial charge in [-0.1, -0.05) is 0 Å². The number of hydrogen-bond donors (Lipinski definition) is 2. The topological polar surface area (TPSA) is 47.3 Å². The summed E-state index contributed by atoms with van der Waals surface area (Å²) in [5, 5.41) is 5.67. The first-order valence-electron chi connectivity index (χ1n) is 5.73. The molecule has 0 aliphatic heterocycles. The summed E-state index contributed by atoms with van der Waals surface area (Å²) in [7, 11) is 1.74. The number of rotatable bonds is 8. The van der Waals surface area contributed by atoms with Crippen LogP contribution >= 0.6 is 11.3 Å². The smallest absolute Gasteiger partial charge is 0.0615 e. The standard InChI is InChI=1S/C12H22N2OS/c1-10-5-7-16-12(10)8-14-11(9-15-2)4-3-6-13/h5,7,11,14H,3-4,6,8-9,13H2,1-2H3. The maximum absolute atomic E-state index is 5.52. The molecular weight excluding hydrogens is 220 g/mol. The van der Waals surface area contributed by atoms with Gasteiger partial charge in [0.1, 0.15) is 0 Å². The van der Waals surface area contributed by atoms with Gasteiger partial charge in [-0.25, -0.2) is 0 Å². The van der Waals surface area contributed by atoms with Gasteiger partial charge in [-0.3, -0.25) is 0 Å². The molecule has 1 atom stereocenters. The molecule has 3 nitrogen and oxygen atoms in total. The number of methoxy groups -OCH3 is 1. The summed E-state index contributed by atoms with van der Waals surface area (Å²) >= 11 is 1.81. The number of nitrogens with two attached hydrogens (primary N) is 1. The number of thiophene rings is 1. The fourth-order valence-electron chi connectivity index (χ4n) is 1.63. The van der Waals surface area contributed by atoms with Crippen LogP contribution < -0.4 is 11.1 Å². The third kappa shape index (κ3) is 4.61. The Morgan fingerprint density at radius 2 is 2.38 bits per heavy atom. The van der Waals surface area contributed by atoms with Crippen LogP contribution in [0.15, 0.2) is 11.4 Å². The molecule has 16 heavy (non-hydrogen) atoms. The largest absolute Gasteiger partial charge is 0.383 e. The zero-order valence-electron chi connectivity index (χ0n) is 10.2. The number of aryl methyl sites for hydroxylation is 1. The van der Waals surface area contributed by atoms with Crippen molar-refractivity contribution in [2.75, 3.05) is 20.3 Å². The molecule has 0 spiro atoms. The maximum atomic E-state index is 5.52. The van der Waals surface area contributed by atoms with Crippen LogP contribution in [0, 0.1) is 6.92 Å². The molecule has 0 fully saturated rings. The maximum Gasteiger partial charge on any atom is 0.0615 e. The van der Waals surface area contributed by atoms with Crippen LogP contribution in [-0.4, -0.2) is 26.3 Å². The number of nitrogens with one attached hydrogen (secondary N) is 1. The fraction of sp³-hybridized carbons (Fsp3) is 0.667.